The molecule has 2 amide bonds. The van der Waals surface area contributed by atoms with Gasteiger partial charge in [0.05, 0.1) is 0 Å². The Balaban J connectivity index is 2.12. The van der Waals surface area contributed by atoms with Crippen LogP contribution in [0.25, 0.3) is 0 Å². The van der Waals surface area contributed by atoms with E-state index in [1.165, 1.54) is 11.3 Å². The lowest BCUT2D eigenvalue weighted by Crippen LogP contribution is -2.58. The number of carbonyl (C=O) groups excluding carboxylic acids is 1. The molecule has 4 heteroatoms. The van der Waals surface area contributed by atoms with Crippen LogP contribution in [0.3, 0.4) is 0 Å². The van der Waals surface area contributed by atoms with Crippen LogP contribution in [0.1, 0.15) is 25.7 Å². The first-order valence-corrected chi connectivity index (χ1v) is 4.91. The molecule has 74 valence electrons. The minimum Gasteiger partial charge on any atom is -0.373 e. The molecular weight excluding hydrogens is 168 g/mol. The average molecular weight is 184 g/mol. The van der Waals surface area contributed by atoms with Crippen molar-refractivity contribution in [2.75, 3.05) is 13.6 Å². The molecule has 2 saturated heterocycles. The van der Waals surface area contributed by atoms with Crippen molar-refractivity contribution < 1.29 is 9.90 Å². The molecular formula is C9H16N2O2. The van der Waals surface area contributed by atoms with Crippen molar-refractivity contribution in [2.24, 2.45) is 0 Å². The number of hydrogen-bond donors (Lipinski definition) is 1. The molecule has 2 fully saturated rings. The molecule has 0 bridgehead atoms. The van der Waals surface area contributed by atoms with Gasteiger partial charge in [-0.25, -0.2) is 4.79 Å². The van der Waals surface area contributed by atoms with Crippen LogP contribution < -0.4 is 0 Å². The van der Waals surface area contributed by atoms with Gasteiger partial charge in [-0.2, -0.15) is 0 Å². The summed E-state index contributed by atoms with van der Waals surface area (Å²) in [7, 11) is 1.66. The molecule has 2 aliphatic rings. The molecule has 0 aromatic heterocycles. The van der Waals surface area contributed by atoms with Crippen molar-refractivity contribution in [1.29, 1.82) is 0 Å². The monoisotopic (exact) mass is 184 g/mol. The van der Waals surface area contributed by atoms with E-state index >= 15 is 0 Å². The molecule has 2 atom stereocenters. The number of amides is 2. The number of fused-ring (bicyclic) bond motifs is 1. The van der Waals surface area contributed by atoms with Gasteiger partial charge in [0.2, 0.25) is 0 Å². The summed E-state index contributed by atoms with van der Waals surface area (Å²) in [5.74, 6) is 0. The number of rotatable bonds is 0. The maximum Gasteiger partial charge on any atom is 0.322 e. The highest BCUT2D eigenvalue weighted by Gasteiger charge is 2.37. The highest BCUT2D eigenvalue weighted by Crippen LogP contribution is 2.26. The van der Waals surface area contributed by atoms with Crippen LogP contribution in [0.5, 0.6) is 0 Å². The van der Waals surface area contributed by atoms with Gasteiger partial charge < -0.3 is 14.9 Å². The molecule has 4 nitrogen and oxygen atoms in total. The maximum absolute atomic E-state index is 11.7. The fourth-order valence-electron chi connectivity index (χ4n) is 2.23. The molecule has 1 N–H and O–H groups in total. The van der Waals surface area contributed by atoms with Crippen LogP contribution >= 0.6 is 0 Å². The molecule has 13 heavy (non-hydrogen) atoms. The number of aliphatic hydroxyl groups is 1. The summed E-state index contributed by atoms with van der Waals surface area (Å²) in [4.78, 5) is 15.0. The third kappa shape index (κ3) is 1.39. The summed E-state index contributed by atoms with van der Waals surface area (Å²) in [6, 6.07) is 0.274. The van der Waals surface area contributed by atoms with E-state index in [1.807, 2.05) is 4.90 Å². The van der Waals surface area contributed by atoms with Crippen molar-refractivity contribution in [2.45, 2.75) is 38.0 Å². The Labute approximate surface area is 78.1 Å². The molecule has 0 aliphatic carbocycles. The number of carbonyl (C=O) groups is 1. The molecule has 2 heterocycles. The lowest BCUT2D eigenvalue weighted by atomic mass is 9.97. The number of nitrogens with zero attached hydrogens (tertiary/aromatic N) is 2. The van der Waals surface area contributed by atoms with Crippen molar-refractivity contribution in [3.8, 4) is 0 Å². The topological polar surface area (TPSA) is 43.8 Å². The predicted octanol–water partition coefficient (Wildman–Crippen LogP) is 0.615. The van der Waals surface area contributed by atoms with Gasteiger partial charge in [-0.1, -0.05) is 0 Å². The van der Waals surface area contributed by atoms with Gasteiger partial charge in [0, 0.05) is 26.1 Å². The van der Waals surface area contributed by atoms with E-state index in [9.17, 15) is 9.90 Å². The molecule has 2 rings (SSSR count). The summed E-state index contributed by atoms with van der Waals surface area (Å²) < 4.78 is 0. The van der Waals surface area contributed by atoms with E-state index in [1.54, 1.807) is 7.05 Å². The highest BCUT2D eigenvalue weighted by atomic mass is 16.3. The van der Waals surface area contributed by atoms with Gasteiger partial charge in [0.15, 0.2) is 0 Å². The quantitative estimate of drug-likeness (QED) is 0.599. The standard InChI is InChI=1S/C9H16N2O2/c1-10-8(12)6-7-4-2-3-5-11(7)9(10)13/h7-8,12H,2-6H2,1H3. The second kappa shape index (κ2) is 3.18. The van der Waals surface area contributed by atoms with E-state index in [0.717, 1.165) is 19.4 Å². The van der Waals surface area contributed by atoms with Crippen LogP contribution in [0.2, 0.25) is 0 Å². The SMILES string of the molecule is CN1C(=O)N2CCCCC2CC1O. The normalized spacial score (nSPS) is 34.8. The van der Waals surface area contributed by atoms with Crippen LogP contribution in [0.15, 0.2) is 0 Å². The Kier molecular flexibility index (Phi) is 2.15. The summed E-state index contributed by atoms with van der Waals surface area (Å²) in [6.45, 7) is 0.862. The summed E-state index contributed by atoms with van der Waals surface area (Å²) in [5.41, 5.74) is 0. The Hall–Kier alpha value is -0.770. The summed E-state index contributed by atoms with van der Waals surface area (Å²) in [6.07, 6.45) is 3.47. The van der Waals surface area contributed by atoms with E-state index in [4.69, 9.17) is 0 Å². The predicted molar refractivity (Wildman–Crippen MR) is 48.1 cm³/mol. The molecule has 0 aromatic carbocycles. The molecule has 0 saturated carbocycles. The first-order valence-electron chi connectivity index (χ1n) is 4.91. The number of hydrogen-bond acceptors (Lipinski definition) is 2. The zero-order chi connectivity index (χ0) is 9.42. The van der Waals surface area contributed by atoms with Gasteiger partial charge in [-0.3, -0.25) is 0 Å². The lowest BCUT2D eigenvalue weighted by Gasteiger charge is -2.45. The largest absolute Gasteiger partial charge is 0.373 e. The van der Waals surface area contributed by atoms with Crippen molar-refractivity contribution >= 4 is 6.03 Å². The van der Waals surface area contributed by atoms with Crippen molar-refractivity contribution in [3.63, 3.8) is 0 Å². The van der Waals surface area contributed by atoms with Crippen LogP contribution in [-0.2, 0) is 0 Å². The van der Waals surface area contributed by atoms with Crippen LogP contribution in [0, 0.1) is 0 Å². The van der Waals surface area contributed by atoms with Gasteiger partial charge in [0.1, 0.15) is 6.23 Å². The van der Waals surface area contributed by atoms with Crippen LogP contribution in [-0.4, -0.2) is 46.8 Å². The summed E-state index contributed by atoms with van der Waals surface area (Å²) >= 11 is 0. The third-order valence-electron chi connectivity index (χ3n) is 3.10. The Morgan fingerprint density at radius 3 is 3.00 bits per heavy atom. The molecule has 0 radical (unpaired) electrons. The van der Waals surface area contributed by atoms with E-state index in [2.05, 4.69) is 0 Å². The summed E-state index contributed by atoms with van der Waals surface area (Å²) in [5, 5.41) is 9.57. The molecule has 0 spiro atoms. The Morgan fingerprint density at radius 2 is 2.23 bits per heavy atom. The second-order valence-corrected chi connectivity index (χ2v) is 3.95. The molecule has 0 aromatic rings. The van der Waals surface area contributed by atoms with Crippen LogP contribution in [0.4, 0.5) is 4.79 Å². The number of piperidine rings is 1. The van der Waals surface area contributed by atoms with Gasteiger partial charge in [-0.15, -0.1) is 0 Å². The number of urea groups is 1. The molecule has 2 aliphatic heterocycles. The average Bonchev–Trinajstić information content (AvgIpc) is 2.15. The van der Waals surface area contributed by atoms with Crippen molar-refractivity contribution in [3.05, 3.63) is 0 Å². The zero-order valence-corrected chi connectivity index (χ0v) is 7.94. The van der Waals surface area contributed by atoms with E-state index in [0.29, 0.717) is 6.42 Å². The van der Waals surface area contributed by atoms with Gasteiger partial charge in [0.25, 0.3) is 0 Å². The first-order chi connectivity index (χ1) is 6.20. The minimum atomic E-state index is -0.577. The lowest BCUT2D eigenvalue weighted by molar-refractivity contribution is -0.0322. The van der Waals surface area contributed by atoms with Gasteiger partial charge >= 0.3 is 6.03 Å². The zero-order valence-electron chi connectivity index (χ0n) is 7.94. The Morgan fingerprint density at radius 1 is 1.46 bits per heavy atom. The van der Waals surface area contributed by atoms with Gasteiger partial charge in [-0.05, 0) is 19.3 Å². The molecule has 2 unspecified atom stereocenters. The fraction of sp³-hybridized carbons (Fsp3) is 0.889. The maximum atomic E-state index is 11.7. The second-order valence-electron chi connectivity index (χ2n) is 3.95. The minimum absolute atomic E-state index is 0.0107. The van der Waals surface area contributed by atoms with E-state index < -0.39 is 6.23 Å². The van der Waals surface area contributed by atoms with Crippen molar-refractivity contribution in [1.82, 2.24) is 9.80 Å². The van der Waals surface area contributed by atoms with E-state index in [-0.39, 0.29) is 12.1 Å². The third-order valence-corrected chi connectivity index (χ3v) is 3.10. The first kappa shape index (κ1) is 8.81. The smallest absolute Gasteiger partial charge is 0.322 e. The highest BCUT2D eigenvalue weighted by molar-refractivity contribution is 5.75. The number of aliphatic hydroxyl groups excluding tert-OH is 1. The fourth-order valence-corrected chi connectivity index (χ4v) is 2.23. The Bertz CT molecular complexity index is 220.